The number of methoxy groups -OCH3 is 1. The molecule has 0 aliphatic heterocycles. The van der Waals surface area contributed by atoms with Gasteiger partial charge in [0.1, 0.15) is 0 Å². The minimum Gasteiger partial charge on any atom is -0.385 e. The Balaban J connectivity index is 3.35. The van der Waals surface area contributed by atoms with Crippen LogP contribution in [0.4, 0.5) is 0 Å². The SMILES string of the molecule is CCCNC(=O)CNCC(=O)NCCCOC. The molecule has 0 unspecified atom stereocenters. The minimum absolute atomic E-state index is 0.0842. The summed E-state index contributed by atoms with van der Waals surface area (Å²) in [5, 5.41) is 8.22. The van der Waals surface area contributed by atoms with Crippen molar-refractivity contribution in [2.24, 2.45) is 0 Å². The lowest BCUT2D eigenvalue weighted by Gasteiger charge is -2.06. The van der Waals surface area contributed by atoms with Crippen molar-refractivity contribution in [1.29, 1.82) is 0 Å². The van der Waals surface area contributed by atoms with Gasteiger partial charge >= 0.3 is 0 Å². The molecule has 17 heavy (non-hydrogen) atoms. The van der Waals surface area contributed by atoms with Gasteiger partial charge in [-0.25, -0.2) is 0 Å². The van der Waals surface area contributed by atoms with Crippen LogP contribution in [-0.4, -0.2) is 51.7 Å². The highest BCUT2D eigenvalue weighted by atomic mass is 16.5. The predicted octanol–water partition coefficient (Wildman–Crippen LogP) is -0.745. The molecule has 0 aromatic heterocycles. The van der Waals surface area contributed by atoms with Gasteiger partial charge in [0.2, 0.25) is 11.8 Å². The van der Waals surface area contributed by atoms with Crippen LogP contribution < -0.4 is 16.0 Å². The molecule has 0 fully saturated rings. The van der Waals surface area contributed by atoms with E-state index in [4.69, 9.17) is 4.74 Å². The molecule has 0 rings (SSSR count). The van der Waals surface area contributed by atoms with Gasteiger partial charge in [0.05, 0.1) is 13.1 Å². The Hall–Kier alpha value is -1.14. The van der Waals surface area contributed by atoms with Gasteiger partial charge in [0.25, 0.3) is 0 Å². The molecule has 6 heteroatoms. The summed E-state index contributed by atoms with van der Waals surface area (Å²) in [7, 11) is 1.62. The Bertz CT molecular complexity index is 222. The number of hydrogen-bond donors (Lipinski definition) is 3. The highest BCUT2D eigenvalue weighted by Crippen LogP contribution is 1.77. The monoisotopic (exact) mass is 245 g/mol. The van der Waals surface area contributed by atoms with E-state index in [1.54, 1.807) is 7.11 Å². The molecular weight excluding hydrogens is 222 g/mol. The van der Waals surface area contributed by atoms with Crippen molar-refractivity contribution < 1.29 is 14.3 Å². The summed E-state index contributed by atoms with van der Waals surface area (Å²) < 4.78 is 4.85. The van der Waals surface area contributed by atoms with Gasteiger partial charge in [-0.15, -0.1) is 0 Å². The van der Waals surface area contributed by atoms with Crippen molar-refractivity contribution in [3.8, 4) is 0 Å². The van der Waals surface area contributed by atoms with E-state index >= 15 is 0 Å². The smallest absolute Gasteiger partial charge is 0.233 e. The molecule has 0 aromatic rings. The average molecular weight is 245 g/mol. The number of hydrogen-bond acceptors (Lipinski definition) is 4. The van der Waals surface area contributed by atoms with E-state index in [9.17, 15) is 9.59 Å². The van der Waals surface area contributed by atoms with E-state index in [-0.39, 0.29) is 24.9 Å². The summed E-state index contributed by atoms with van der Waals surface area (Å²) in [4.78, 5) is 22.4. The maximum Gasteiger partial charge on any atom is 0.233 e. The molecule has 0 bridgehead atoms. The molecule has 0 aliphatic rings. The lowest BCUT2D eigenvalue weighted by atomic mass is 10.4. The summed E-state index contributed by atoms with van der Waals surface area (Å²) in [6, 6.07) is 0. The zero-order chi connectivity index (χ0) is 12.9. The third-order valence-electron chi connectivity index (χ3n) is 1.99. The number of nitrogens with one attached hydrogen (secondary N) is 3. The second kappa shape index (κ2) is 11.3. The average Bonchev–Trinajstić information content (AvgIpc) is 2.32. The van der Waals surface area contributed by atoms with Crippen molar-refractivity contribution in [1.82, 2.24) is 16.0 Å². The quantitative estimate of drug-likeness (QED) is 0.443. The van der Waals surface area contributed by atoms with E-state index in [1.807, 2.05) is 6.92 Å². The minimum atomic E-state index is -0.107. The standard InChI is InChI=1S/C11H23N3O3/c1-3-5-13-10(15)8-12-9-11(16)14-6-4-7-17-2/h12H,3-9H2,1-2H3,(H,13,15)(H,14,16). The topological polar surface area (TPSA) is 79.5 Å². The first-order valence-corrected chi connectivity index (χ1v) is 5.93. The van der Waals surface area contributed by atoms with Gasteiger partial charge in [-0.3, -0.25) is 14.9 Å². The van der Waals surface area contributed by atoms with E-state index in [0.717, 1.165) is 12.8 Å². The fourth-order valence-electron chi connectivity index (χ4n) is 1.12. The molecule has 100 valence electrons. The van der Waals surface area contributed by atoms with Crippen LogP contribution in [0.3, 0.4) is 0 Å². The second-order valence-corrected chi connectivity index (χ2v) is 3.65. The van der Waals surface area contributed by atoms with Gasteiger partial charge in [-0.1, -0.05) is 6.92 Å². The molecule has 0 aromatic carbocycles. The molecule has 0 atom stereocenters. The molecule has 3 N–H and O–H groups in total. The van der Waals surface area contributed by atoms with Gasteiger partial charge in [0.15, 0.2) is 0 Å². The fourth-order valence-corrected chi connectivity index (χ4v) is 1.12. The lowest BCUT2D eigenvalue weighted by Crippen LogP contribution is -2.40. The van der Waals surface area contributed by atoms with Gasteiger partial charge in [-0.05, 0) is 12.8 Å². The summed E-state index contributed by atoms with van der Waals surface area (Å²) in [6.45, 7) is 4.21. The van der Waals surface area contributed by atoms with Crippen molar-refractivity contribution in [2.45, 2.75) is 19.8 Å². The zero-order valence-electron chi connectivity index (χ0n) is 10.7. The number of amides is 2. The molecule has 0 saturated carbocycles. The number of rotatable bonds is 10. The van der Waals surface area contributed by atoms with Crippen LogP contribution in [0.5, 0.6) is 0 Å². The molecule has 2 amide bonds. The first-order chi connectivity index (χ1) is 8.20. The Morgan fingerprint density at radius 2 is 1.65 bits per heavy atom. The van der Waals surface area contributed by atoms with Crippen LogP contribution in [-0.2, 0) is 14.3 Å². The van der Waals surface area contributed by atoms with Crippen molar-refractivity contribution in [3.63, 3.8) is 0 Å². The molecule has 0 radical (unpaired) electrons. The van der Waals surface area contributed by atoms with Gasteiger partial charge < -0.3 is 15.4 Å². The fraction of sp³-hybridized carbons (Fsp3) is 0.818. The lowest BCUT2D eigenvalue weighted by molar-refractivity contribution is -0.121. The third kappa shape index (κ3) is 11.1. The van der Waals surface area contributed by atoms with Crippen LogP contribution in [0, 0.1) is 0 Å². The molecule has 0 heterocycles. The molecule has 0 aliphatic carbocycles. The number of ether oxygens (including phenoxy) is 1. The maximum atomic E-state index is 11.3. The Morgan fingerprint density at radius 3 is 2.18 bits per heavy atom. The van der Waals surface area contributed by atoms with E-state index in [1.165, 1.54) is 0 Å². The van der Waals surface area contributed by atoms with E-state index in [0.29, 0.717) is 19.7 Å². The van der Waals surface area contributed by atoms with Crippen LogP contribution in [0.1, 0.15) is 19.8 Å². The molecule has 0 saturated heterocycles. The Labute approximate surface area is 102 Å². The van der Waals surface area contributed by atoms with Gasteiger partial charge in [0, 0.05) is 26.8 Å². The van der Waals surface area contributed by atoms with Crippen molar-refractivity contribution in [3.05, 3.63) is 0 Å². The summed E-state index contributed by atoms with van der Waals surface area (Å²) in [5.41, 5.74) is 0. The summed E-state index contributed by atoms with van der Waals surface area (Å²) >= 11 is 0. The van der Waals surface area contributed by atoms with Crippen LogP contribution in [0.15, 0.2) is 0 Å². The highest BCUT2D eigenvalue weighted by molar-refractivity contribution is 5.80. The highest BCUT2D eigenvalue weighted by Gasteiger charge is 2.02. The van der Waals surface area contributed by atoms with Crippen molar-refractivity contribution in [2.75, 3.05) is 39.9 Å². The first-order valence-electron chi connectivity index (χ1n) is 5.93. The molecule has 6 nitrogen and oxygen atoms in total. The maximum absolute atomic E-state index is 11.3. The van der Waals surface area contributed by atoms with Crippen LogP contribution in [0.2, 0.25) is 0 Å². The largest absolute Gasteiger partial charge is 0.385 e. The third-order valence-corrected chi connectivity index (χ3v) is 1.99. The normalized spacial score (nSPS) is 10.0. The number of carbonyl (C=O) groups excluding carboxylic acids is 2. The second-order valence-electron chi connectivity index (χ2n) is 3.65. The van der Waals surface area contributed by atoms with Crippen molar-refractivity contribution >= 4 is 11.8 Å². The molecular formula is C11H23N3O3. The van der Waals surface area contributed by atoms with Crippen LogP contribution >= 0.6 is 0 Å². The van der Waals surface area contributed by atoms with Gasteiger partial charge in [-0.2, -0.15) is 0 Å². The first kappa shape index (κ1) is 15.9. The Morgan fingerprint density at radius 1 is 1.06 bits per heavy atom. The Kier molecular flexibility index (Phi) is 10.6. The number of carbonyl (C=O) groups is 2. The van der Waals surface area contributed by atoms with E-state index in [2.05, 4.69) is 16.0 Å². The summed E-state index contributed by atoms with van der Waals surface area (Å²) in [6.07, 6.45) is 1.70. The van der Waals surface area contributed by atoms with Crippen LogP contribution in [0.25, 0.3) is 0 Å². The van der Waals surface area contributed by atoms with E-state index < -0.39 is 0 Å². The summed E-state index contributed by atoms with van der Waals surface area (Å²) in [5.74, 6) is -0.191. The molecule has 0 spiro atoms. The zero-order valence-corrected chi connectivity index (χ0v) is 10.7. The predicted molar refractivity (Wildman–Crippen MR) is 65.7 cm³/mol.